The zero-order chi connectivity index (χ0) is 49.7. The lowest BCUT2D eigenvalue weighted by Gasteiger charge is -2.46. The van der Waals surface area contributed by atoms with E-state index in [1.165, 1.54) is 10.4 Å². The number of hydrogen-bond donors (Lipinski definition) is 0. The highest BCUT2D eigenvalue weighted by Crippen LogP contribution is 2.54. The maximum atomic E-state index is 15.8. The van der Waals surface area contributed by atoms with Gasteiger partial charge in [0.25, 0.3) is 8.32 Å². The van der Waals surface area contributed by atoms with Gasteiger partial charge < -0.3 is 23.1 Å². The highest BCUT2D eigenvalue weighted by Gasteiger charge is 2.54. The number of allylic oxidation sites excluding steroid dienone is 4. The van der Waals surface area contributed by atoms with Crippen molar-refractivity contribution in [1.29, 1.82) is 0 Å². The van der Waals surface area contributed by atoms with Crippen LogP contribution in [0.4, 0.5) is 0 Å². The van der Waals surface area contributed by atoms with Crippen LogP contribution in [0.15, 0.2) is 109 Å². The summed E-state index contributed by atoms with van der Waals surface area (Å²) >= 11 is 0. The lowest BCUT2D eigenvalue weighted by atomic mass is 9.70. The van der Waals surface area contributed by atoms with Gasteiger partial charge in [-0.25, -0.2) is 0 Å². The molecule has 0 N–H and O–H groups in total. The van der Waals surface area contributed by atoms with E-state index in [9.17, 15) is 4.79 Å². The van der Waals surface area contributed by atoms with E-state index in [0.717, 1.165) is 61.8 Å². The number of esters is 1. The molecule has 0 spiro atoms. The number of Topliss-reactive ketones (excluding diaryl/α,β-unsaturated/α-hetero) is 1. The summed E-state index contributed by atoms with van der Waals surface area (Å²) in [6.07, 6.45) is 12.7. The molecule has 1 fully saturated rings. The molecule has 0 saturated heterocycles. The molecular formula is C59H86O7Si2. The number of carbonyl (C=O) groups is 2. The van der Waals surface area contributed by atoms with Crippen LogP contribution in [0.5, 0.6) is 5.75 Å². The fourth-order valence-corrected chi connectivity index (χ4v) is 17.2. The Kier molecular flexibility index (Phi) is 17.6. The number of methoxy groups -OCH3 is 1. The van der Waals surface area contributed by atoms with E-state index in [0.29, 0.717) is 25.0 Å². The van der Waals surface area contributed by atoms with E-state index in [4.69, 9.17) is 23.1 Å². The molecule has 0 radical (unpaired) electrons. The number of ether oxygens (including phenoxy) is 3. The molecule has 0 aromatic heterocycles. The number of benzene rings is 3. The van der Waals surface area contributed by atoms with Crippen LogP contribution in [-0.2, 0) is 34.5 Å². The minimum Gasteiger partial charge on any atom is -0.497 e. The zero-order valence-electron chi connectivity index (χ0n) is 44.2. The fourth-order valence-electron chi connectivity index (χ4n) is 11.0. The summed E-state index contributed by atoms with van der Waals surface area (Å²) in [5.74, 6) is 1.38. The number of ketones is 1. The molecule has 3 aromatic rings. The van der Waals surface area contributed by atoms with E-state index in [1.54, 1.807) is 7.11 Å². The van der Waals surface area contributed by atoms with Gasteiger partial charge in [-0.3, -0.25) is 9.59 Å². The topological polar surface area (TPSA) is 80.3 Å². The van der Waals surface area contributed by atoms with Gasteiger partial charge in [-0.2, -0.15) is 0 Å². The van der Waals surface area contributed by atoms with Gasteiger partial charge in [0.05, 0.1) is 25.2 Å². The number of carbonyl (C=O) groups excluding carboxylic acids is 2. The Bertz CT molecular complexity index is 2120. The molecular weight excluding hydrogens is 877 g/mol. The van der Waals surface area contributed by atoms with Crippen LogP contribution in [0.3, 0.4) is 0 Å². The second kappa shape index (κ2) is 22.2. The van der Waals surface area contributed by atoms with Crippen LogP contribution in [0.1, 0.15) is 127 Å². The van der Waals surface area contributed by atoms with Crippen LogP contribution in [0, 0.1) is 40.9 Å². The van der Waals surface area contributed by atoms with Gasteiger partial charge in [-0.1, -0.05) is 146 Å². The monoisotopic (exact) mass is 963 g/mol. The van der Waals surface area contributed by atoms with E-state index in [-0.39, 0.29) is 57.9 Å². The maximum Gasteiger partial charge on any atom is 0.311 e. The zero-order valence-corrected chi connectivity index (χ0v) is 46.2. The van der Waals surface area contributed by atoms with Crippen molar-refractivity contribution in [3.8, 4) is 5.75 Å². The Morgan fingerprint density at radius 1 is 0.750 bits per heavy atom. The van der Waals surface area contributed by atoms with Gasteiger partial charge in [0.1, 0.15) is 11.9 Å². The highest BCUT2D eigenvalue weighted by atomic mass is 28.4. The summed E-state index contributed by atoms with van der Waals surface area (Å²) in [4.78, 5) is 28.9. The van der Waals surface area contributed by atoms with E-state index in [1.807, 2.05) is 45.0 Å². The van der Waals surface area contributed by atoms with Crippen molar-refractivity contribution in [1.82, 2.24) is 0 Å². The SMILES string of the molecule is CC[C@@H](CCC[C@H](O[Si](c1ccccc1)(c1ccccc1)C(C)(C)C)[C@@H](C)C(=O)C1=C[C@@H]2[C@@H](C=C[C@@H]3C[C@@H](OC(=O)C(C)(C)C)C[C@@H]23)[C@@H]1CCOCc1ccc(OC)cc1)O[Si](C)(C)C(C)(C)C. The van der Waals surface area contributed by atoms with Gasteiger partial charge >= 0.3 is 5.97 Å². The van der Waals surface area contributed by atoms with Crippen molar-refractivity contribution in [2.75, 3.05) is 13.7 Å². The minimum atomic E-state index is -3.05. The van der Waals surface area contributed by atoms with E-state index in [2.05, 4.69) is 147 Å². The number of fused-ring (bicyclic) bond motifs is 3. The predicted octanol–water partition coefficient (Wildman–Crippen LogP) is 13.1. The first-order valence-electron chi connectivity index (χ1n) is 25.8. The third-order valence-electron chi connectivity index (χ3n) is 16.0. The molecule has 9 atom stereocenters. The fraction of sp³-hybridized carbons (Fsp3) is 0.593. The van der Waals surface area contributed by atoms with Crippen LogP contribution < -0.4 is 15.1 Å². The van der Waals surface area contributed by atoms with Gasteiger partial charge in [-0.15, -0.1) is 0 Å². The summed E-state index contributed by atoms with van der Waals surface area (Å²) in [5, 5.41) is 2.29. The van der Waals surface area contributed by atoms with Crippen molar-refractivity contribution in [3.05, 3.63) is 114 Å². The van der Waals surface area contributed by atoms with Crippen molar-refractivity contribution >= 4 is 38.8 Å². The third kappa shape index (κ3) is 12.3. The molecule has 0 heterocycles. The number of rotatable bonds is 21. The summed E-state index contributed by atoms with van der Waals surface area (Å²) in [6.45, 7) is 29.8. The lowest BCUT2D eigenvalue weighted by molar-refractivity contribution is -0.158. The Hall–Kier alpha value is -3.61. The van der Waals surface area contributed by atoms with Crippen molar-refractivity contribution < 1.29 is 32.7 Å². The Balaban J connectivity index is 1.35. The van der Waals surface area contributed by atoms with Gasteiger partial charge in [0.15, 0.2) is 14.1 Å². The lowest BCUT2D eigenvalue weighted by Crippen LogP contribution is -2.68. The number of hydrogen-bond acceptors (Lipinski definition) is 7. The van der Waals surface area contributed by atoms with Crippen LogP contribution in [0.25, 0.3) is 0 Å². The van der Waals surface area contributed by atoms with Gasteiger partial charge in [0.2, 0.25) is 0 Å². The van der Waals surface area contributed by atoms with E-state index < -0.39 is 28.0 Å². The molecule has 3 aromatic carbocycles. The molecule has 0 unspecified atom stereocenters. The smallest absolute Gasteiger partial charge is 0.311 e. The predicted molar refractivity (Wildman–Crippen MR) is 283 cm³/mol. The highest BCUT2D eigenvalue weighted by molar-refractivity contribution is 6.99. The molecule has 9 heteroatoms. The van der Waals surface area contributed by atoms with Crippen LogP contribution in [0.2, 0.25) is 23.2 Å². The Morgan fingerprint density at radius 2 is 1.37 bits per heavy atom. The van der Waals surface area contributed by atoms with Gasteiger partial charge in [-0.05, 0) is 152 Å². The first-order chi connectivity index (χ1) is 32.0. The standard InChI is InChI=1S/C59H86O7Si2/c1-15-44(65-67(13,14)58(6,7)8)23-22-28-54(66-68(59(9,10)11,47-24-18-16-19-25-47)48-26-20-17-21-27-48)41(2)55(60)53-39-52-49(50(53)35-36-63-40-42-29-32-45(62-12)33-30-42)34-31-43-37-46(38-51(43)52)64-56(61)57(3,4)5/h16-21,24-27,29-34,39,41,43-44,46,49-52,54H,15,22-23,28,35-38,40H2,1-14H3/t41-,43-,44+,46-,49+,50+,51-,52-,54+/m1/s1. The summed E-state index contributed by atoms with van der Waals surface area (Å²) < 4.78 is 33.0. The Labute approximate surface area is 413 Å². The van der Waals surface area contributed by atoms with Crippen molar-refractivity contribution in [2.45, 2.75) is 169 Å². The second-order valence-electron chi connectivity index (χ2n) is 23.8. The second-order valence-corrected chi connectivity index (χ2v) is 32.9. The third-order valence-corrected chi connectivity index (χ3v) is 25.6. The van der Waals surface area contributed by atoms with Crippen molar-refractivity contribution in [3.63, 3.8) is 0 Å². The summed E-state index contributed by atoms with van der Waals surface area (Å²) in [6, 6.07) is 29.7. The molecule has 3 aliphatic rings. The van der Waals surface area contributed by atoms with Gasteiger partial charge in [0, 0.05) is 18.6 Å². The average molecular weight is 964 g/mol. The maximum absolute atomic E-state index is 15.8. The molecule has 7 nitrogen and oxygen atoms in total. The summed E-state index contributed by atoms with van der Waals surface area (Å²) in [5.41, 5.74) is 1.44. The molecule has 1 saturated carbocycles. The molecule has 3 aliphatic carbocycles. The minimum absolute atomic E-state index is 0.00447. The largest absolute Gasteiger partial charge is 0.497 e. The Morgan fingerprint density at radius 3 is 1.91 bits per heavy atom. The van der Waals surface area contributed by atoms with Crippen LogP contribution >= 0.6 is 0 Å². The molecule has 6 rings (SSSR count). The molecule has 0 aliphatic heterocycles. The quantitative estimate of drug-likeness (QED) is 0.0455. The van der Waals surface area contributed by atoms with Crippen LogP contribution in [-0.4, -0.2) is 60.4 Å². The van der Waals surface area contributed by atoms with E-state index >= 15 is 4.79 Å². The molecule has 0 bridgehead atoms. The first-order valence-corrected chi connectivity index (χ1v) is 30.6. The molecule has 0 amide bonds. The first kappa shape index (κ1) is 53.7. The molecule has 372 valence electrons. The average Bonchev–Trinajstić information content (AvgIpc) is 3.88. The molecule has 68 heavy (non-hydrogen) atoms. The summed E-state index contributed by atoms with van der Waals surface area (Å²) in [7, 11) is -3.37. The van der Waals surface area contributed by atoms with Crippen molar-refractivity contribution in [2.24, 2.45) is 40.9 Å². The normalized spacial score (nSPS) is 23.3.